The number of fused-ring (bicyclic) bond motifs is 1. The van der Waals surface area contributed by atoms with Crippen molar-refractivity contribution in [3.63, 3.8) is 0 Å². The first kappa shape index (κ1) is 17.3. The second-order valence-corrected chi connectivity index (χ2v) is 6.85. The van der Waals surface area contributed by atoms with Crippen molar-refractivity contribution >= 4 is 5.91 Å². The van der Waals surface area contributed by atoms with Gasteiger partial charge in [0.25, 0.3) is 5.91 Å². The average Bonchev–Trinajstić information content (AvgIpc) is 3.19. The number of carbonyl (C=O) groups excluding carboxylic acids is 1. The number of aliphatic hydroxyl groups excluding tert-OH is 1. The maximum absolute atomic E-state index is 12.9. The van der Waals surface area contributed by atoms with Crippen LogP contribution in [0.1, 0.15) is 38.8 Å². The molecule has 1 unspecified atom stereocenters. The van der Waals surface area contributed by atoms with Gasteiger partial charge in [-0.25, -0.2) is 0 Å². The molecule has 1 atom stereocenters. The fraction of sp³-hybridized carbons (Fsp3) is 0.238. The van der Waals surface area contributed by atoms with Crippen LogP contribution in [0.15, 0.2) is 42.5 Å². The van der Waals surface area contributed by atoms with Gasteiger partial charge < -0.3 is 15.1 Å². The number of nitrogens with zero attached hydrogens (tertiary/aromatic N) is 2. The minimum atomic E-state index is -0.365. The third kappa shape index (κ3) is 2.69. The number of aromatic hydroxyl groups is 1. The number of phenols is 1. The SMILES string of the molecule is Cc1cc(O)c(-c2n[nH]c3c2C(c2ccccc2)N(CCO)C3=O)cc1C. The van der Waals surface area contributed by atoms with E-state index in [2.05, 4.69) is 10.2 Å². The summed E-state index contributed by atoms with van der Waals surface area (Å²) in [4.78, 5) is 14.5. The van der Waals surface area contributed by atoms with Crippen molar-refractivity contribution in [2.24, 2.45) is 0 Å². The second kappa shape index (κ2) is 6.55. The second-order valence-electron chi connectivity index (χ2n) is 6.85. The predicted octanol–water partition coefficient (Wildman–Crippen LogP) is 2.94. The number of rotatable bonds is 4. The maximum atomic E-state index is 12.9. The number of amides is 1. The van der Waals surface area contributed by atoms with E-state index >= 15 is 0 Å². The van der Waals surface area contributed by atoms with Gasteiger partial charge in [0.15, 0.2) is 0 Å². The Morgan fingerprint density at radius 1 is 1.15 bits per heavy atom. The van der Waals surface area contributed by atoms with Crippen LogP contribution in [0.3, 0.4) is 0 Å². The van der Waals surface area contributed by atoms with Crippen LogP contribution < -0.4 is 0 Å². The summed E-state index contributed by atoms with van der Waals surface area (Å²) >= 11 is 0. The summed E-state index contributed by atoms with van der Waals surface area (Å²) in [6.07, 6.45) is 0. The highest BCUT2D eigenvalue weighted by atomic mass is 16.3. The number of nitrogens with one attached hydrogen (secondary N) is 1. The van der Waals surface area contributed by atoms with Crippen molar-refractivity contribution < 1.29 is 15.0 Å². The molecule has 6 nitrogen and oxygen atoms in total. The molecule has 138 valence electrons. The van der Waals surface area contributed by atoms with E-state index in [0.29, 0.717) is 17.0 Å². The Bertz CT molecular complexity index is 1010. The molecule has 0 saturated heterocycles. The van der Waals surface area contributed by atoms with Gasteiger partial charge in [-0.15, -0.1) is 0 Å². The quantitative estimate of drug-likeness (QED) is 0.665. The Kier molecular flexibility index (Phi) is 4.20. The minimum Gasteiger partial charge on any atom is -0.507 e. The topological polar surface area (TPSA) is 89.5 Å². The highest BCUT2D eigenvalue weighted by Crippen LogP contribution is 2.44. The lowest BCUT2D eigenvalue weighted by Gasteiger charge is -2.25. The summed E-state index contributed by atoms with van der Waals surface area (Å²) in [6.45, 7) is 4.01. The summed E-state index contributed by atoms with van der Waals surface area (Å²) < 4.78 is 0. The molecule has 1 aliphatic heterocycles. The fourth-order valence-electron chi connectivity index (χ4n) is 3.71. The Morgan fingerprint density at radius 2 is 1.85 bits per heavy atom. The lowest BCUT2D eigenvalue weighted by molar-refractivity contribution is 0.0706. The lowest BCUT2D eigenvalue weighted by Crippen LogP contribution is -2.32. The van der Waals surface area contributed by atoms with Crippen LogP contribution in [0.2, 0.25) is 0 Å². The monoisotopic (exact) mass is 363 g/mol. The van der Waals surface area contributed by atoms with Crippen LogP contribution in [-0.2, 0) is 0 Å². The van der Waals surface area contributed by atoms with Gasteiger partial charge in [-0.3, -0.25) is 9.89 Å². The van der Waals surface area contributed by atoms with Crippen molar-refractivity contribution in [2.45, 2.75) is 19.9 Å². The van der Waals surface area contributed by atoms with Gasteiger partial charge in [-0.2, -0.15) is 5.10 Å². The number of aromatic amines is 1. The molecule has 3 aromatic rings. The van der Waals surface area contributed by atoms with E-state index in [9.17, 15) is 15.0 Å². The van der Waals surface area contributed by atoms with E-state index in [1.54, 1.807) is 11.0 Å². The highest BCUT2D eigenvalue weighted by molar-refractivity contribution is 6.00. The largest absolute Gasteiger partial charge is 0.507 e. The summed E-state index contributed by atoms with van der Waals surface area (Å²) in [5.41, 5.74) is 5.25. The van der Waals surface area contributed by atoms with E-state index in [1.807, 2.05) is 50.2 Å². The van der Waals surface area contributed by atoms with Gasteiger partial charge in [0.2, 0.25) is 0 Å². The fourth-order valence-corrected chi connectivity index (χ4v) is 3.71. The maximum Gasteiger partial charge on any atom is 0.273 e. The normalized spacial score (nSPS) is 16.0. The van der Waals surface area contributed by atoms with Crippen molar-refractivity contribution in [3.05, 3.63) is 70.4 Å². The van der Waals surface area contributed by atoms with Crippen molar-refractivity contribution in [3.8, 4) is 17.0 Å². The number of phenolic OH excluding ortho intramolecular Hbond substituents is 1. The van der Waals surface area contributed by atoms with Crippen LogP contribution >= 0.6 is 0 Å². The van der Waals surface area contributed by atoms with Crippen molar-refractivity contribution in [2.75, 3.05) is 13.2 Å². The Morgan fingerprint density at radius 3 is 2.56 bits per heavy atom. The molecule has 6 heteroatoms. The van der Waals surface area contributed by atoms with E-state index in [1.165, 1.54) is 0 Å². The van der Waals surface area contributed by atoms with E-state index in [-0.39, 0.29) is 30.9 Å². The molecule has 4 rings (SSSR count). The Labute approximate surface area is 157 Å². The van der Waals surface area contributed by atoms with Crippen LogP contribution in [0.5, 0.6) is 5.75 Å². The van der Waals surface area contributed by atoms with E-state index in [0.717, 1.165) is 22.3 Å². The predicted molar refractivity (Wildman–Crippen MR) is 102 cm³/mol. The van der Waals surface area contributed by atoms with Gasteiger partial charge >= 0.3 is 0 Å². The molecule has 0 aliphatic carbocycles. The number of H-pyrrole nitrogens is 1. The molecule has 0 spiro atoms. The van der Waals surface area contributed by atoms with Crippen molar-refractivity contribution in [1.29, 1.82) is 0 Å². The molecule has 0 fully saturated rings. The summed E-state index contributed by atoms with van der Waals surface area (Å²) in [6, 6.07) is 12.9. The molecule has 0 saturated carbocycles. The van der Waals surface area contributed by atoms with Gasteiger partial charge in [0.05, 0.1) is 12.6 Å². The van der Waals surface area contributed by atoms with Crippen LogP contribution in [0, 0.1) is 13.8 Å². The number of hydrogen-bond acceptors (Lipinski definition) is 4. The summed E-state index contributed by atoms with van der Waals surface area (Å²) in [7, 11) is 0. The van der Waals surface area contributed by atoms with E-state index < -0.39 is 0 Å². The molecular formula is C21H21N3O3. The summed E-state index contributed by atoms with van der Waals surface area (Å²) in [5.74, 6) is -0.0674. The molecule has 0 radical (unpaired) electrons. The Balaban J connectivity index is 1.93. The smallest absolute Gasteiger partial charge is 0.273 e. The number of benzene rings is 2. The number of hydrogen-bond donors (Lipinski definition) is 3. The third-order valence-electron chi connectivity index (χ3n) is 5.19. The molecular weight excluding hydrogens is 342 g/mol. The van der Waals surface area contributed by atoms with Crippen LogP contribution in [0.4, 0.5) is 0 Å². The van der Waals surface area contributed by atoms with Crippen LogP contribution in [0.25, 0.3) is 11.3 Å². The number of aryl methyl sites for hydroxylation is 2. The molecule has 27 heavy (non-hydrogen) atoms. The molecule has 1 aliphatic rings. The zero-order valence-corrected chi connectivity index (χ0v) is 15.2. The summed E-state index contributed by atoms with van der Waals surface area (Å²) in [5, 5.41) is 27.2. The van der Waals surface area contributed by atoms with Gasteiger partial charge in [-0.1, -0.05) is 30.3 Å². The molecule has 1 aromatic heterocycles. The first-order valence-electron chi connectivity index (χ1n) is 8.88. The molecule has 2 aromatic carbocycles. The number of aromatic nitrogens is 2. The molecule has 1 amide bonds. The first-order valence-corrected chi connectivity index (χ1v) is 8.88. The number of carbonyl (C=O) groups is 1. The number of β-amino-alcohol motifs (C(OH)–C–C–N with tert-alkyl or cyclic N) is 1. The first-order chi connectivity index (χ1) is 13.0. The molecule has 2 heterocycles. The van der Waals surface area contributed by atoms with Gasteiger partial charge in [-0.05, 0) is 42.7 Å². The number of aliphatic hydroxyl groups is 1. The van der Waals surface area contributed by atoms with E-state index in [4.69, 9.17) is 0 Å². The Hall–Kier alpha value is -3.12. The molecule has 3 N–H and O–H groups in total. The van der Waals surface area contributed by atoms with Crippen molar-refractivity contribution in [1.82, 2.24) is 15.1 Å². The van der Waals surface area contributed by atoms with Crippen LogP contribution in [-0.4, -0.2) is 44.4 Å². The lowest BCUT2D eigenvalue weighted by atomic mass is 9.94. The highest BCUT2D eigenvalue weighted by Gasteiger charge is 2.42. The zero-order chi connectivity index (χ0) is 19.1. The standard InChI is InChI=1S/C21H21N3O3/c1-12-10-15(16(26)11-13(12)2)18-17-19(23-22-18)21(27)24(8-9-25)20(17)14-6-4-3-5-7-14/h3-7,10-11,20,25-26H,8-9H2,1-2H3,(H,22,23). The minimum absolute atomic E-state index is 0.128. The molecule has 0 bridgehead atoms. The third-order valence-corrected chi connectivity index (χ3v) is 5.19. The van der Waals surface area contributed by atoms with Gasteiger partial charge in [0, 0.05) is 17.7 Å². The van der Waals surface area contributed by atoms with Gasteiger partial charge in [0.1, 0.15) is 17.1 Å². The zero-order valence-electron chi connectivity index (χ0n) is 15.2. The average molecular weight is 363 g/mol.